The minimum absolute atomic E-state index is 0.605. The summed E-state index contributed by atoms with van der Waals surface area (Å²) >= 11 is 3.36. The highest BCUT2D eigenvalue weighted by Gasteiger charge is 1.95. The average molecular weight is 225 g/mol. The molecule has 0 unspecified atom stereocenters. The summed E-state index contributed by atoms with van der Waals surface area (Å²) in [6.07, 6.45) is 1.42. The third kappa shape index (κ3) is 2.62. The van der Waals surface area contributed by atoms with E-state index in [4.69, 9.17) is 0 Å². The number of allylic oxidation sites excluding steroid dienone is 1. The third-order valence-corrected chi connectivity index (χ3v) is 1.98. The summed E-state index contributed by atoms with van der Waals surface area (Å²) in [5.74, 6) is 0. The van der Waals surface area contributed by atoms with Crippen molar-refractivity contribution in [3.8, 4) is 0 Å². The first-order valence-corrected chi connectivity index (χ1v) is 4.39. The standard InChI is InChI=1S/C10H9BrO/c1-8(7-12)5-9-3-2-4-10(11)6-9/h2-4,6-7H,1,5H2. The summed E-state index contributed by atoms with van der Waals surface area (Å²) in [6.45, 7) is 3.61. The number of hydrogen-bond donors (Lipinski definition) is 0. The molecule has 0 saturated heterocycles. The van der Waals surface area contributed by atoms with Crippen LogP contribution in [0.4, 0.5) is 0 Å². The van der Waals surface area contributed by atoms with Crippen molar-refractivity contribution in [3.63, 3.8) is 0 Å². The van der Waals surface area contributed by atoms with Crippen LogP contribution >= 0.6 is 15.9 Å². The summed E-state index contributed by atoms with van der Waals surface area (Å²) in [5.41, 5.74) is 1.70. The molecule has 0 N–H and O–H groups in total. The molecule has 1 rings (SSSR count). The summed E-state index contributed by atoms with van der Waals surface area (Å²) in [5, 5.41) is 0. The summed E-state index contributed by atoms with van der Waals surface area (Å²) in [6, 6.07) is 7.85. The van der Waals surface area contributed by atoms with Crippen molar-refractivity contribution >= 4 is 22.2 Å². The topological polar surface area (TPSA) is 17.1 Å². The Hall–Kier alpha value is -0.890. The van der Waals surface area contributed by atoms with Crippen LogP contribution in [0.15, 0.2) is 40.9 Å². The lowest BCUT2D eigenvalue weighted by Crippen LogP contribution is -1.89. The van der Waals surface area contributed by atoms with Crippen molar-refractivity contribution in [3.05, 3.63) is 46.5 Å². The van der Waals surface area contributed by atoms with E-state index in [1.807, 2.05) is 24.3 Å². The van der Waals surface area contributed by atoms with Gasteiger partial charge < -0.3 is 0 Å². The second kappa shape index (κ2) is 4.21. The Kier molecular flexibility index (Phi) is 3.23. The molecule has 0 radical (unpaired) electrons. The molecule has 2 heteroatoms. The van der Waals surface area contributed by atoms with Gasteiger partial charge in [-0.05, 0) is 23.3 Å². The van der Waals surface area contributed by atoms with E-state index in [0.29, 0.717) is 12.0 Å². The number of carbonyl (C=O) groups excluding carboxylic acids is 1. The maximum atomic E-state index is 10.3. The van der Waals surface area contributed by atoms with Gasteiger partial charge in [-0.1, -0.05) is 34.6 Å². The first kappa shape index (κ1) is 9.20. The lowest BCUT2D eigenvalue weighted by molar-refractivity contribution is -0.104. The van der Waals surface area contributed by atoms with Gasteiger partial charge in [0.15, 0.2) is 0 Å². The lowest BCUT2D eigenvalue weighted by atomic mass is 10.1. The fraction of sp³-hybridized carbons (Fsp3) is 0.100. The molecule has 0 saturated carbocycles. The summed E-state index contributed by atoms with van der Waals surface area (Å²) < 4.78 is 1.03. The van der Waals surface area contributed by atoms with Crippen LogP contribution in [0.3, 0.4) is 0 Å². The van der Waals surface area contributed by atoms with Crippen molar-refractivity contribution in [2.24, 2.45) is 0 Å². The van der Waals surface area contributed by atoms with E-state index in [9.17, 15) is 4.79 Å². The molecular weight excluding hydrogens is 216 g/mol. The second-order valence-corrected chi connectivity index (χ2v) is 3.50. The first-order valence-electron chi connectivity index (χ1n) is 3.60. The van der Waals surface area contributed by atoms with Gasteiger partial charge in [-0.25, -0.2) is 0 Å². The molecule has 1 aromatic carbocycles. The third-order valence-electron chi connectivity index (χ3n) is 1.49. The van der Waals surface area contributed by atoms with Crippen molar-refractivity contribution in [2.45, 2.75) is 6.42 Å². The van der Waals surface area contributed by atoms with Gasteiger partial charge in [0.25, 0.3) is 0 Å². The molecule has 1 aromatic rings. The van der Waals surface area contributed by atoms with E-state index >= 15 is 0 Å². The maximum absolute atomic E-state index is 10.3. The van der Waals surface area contributed by atoms with Crippen molar-refractivity contribution in [1.82, 2.24) is 0 Å². The van der Waals surface area contributed by atoms with Crippen LogP contribution in [0.1, 0.15) is 5.56 Å². The molecule has 0 aliphatic rings. The zero-order valence-electron chi connectivity index (χ0n) is 6.59. The fourth-order valence-corrected chi connectivity index (χ4v) is 1.40. The normalized spacial score (nSPS) is 9.42. The molecular formula is C10H9BrO. The monoisotopic (exact) mass is 224 g/mol. The molecule has 0 aliphatic heterocycles. The number of halogens is 1. The number of benzene rings is 1. The van der Waals surface area contributed by atoms with Gasteiger partial charge in [-0.2, -0.15) is 0 Å². The van der Waals surface area contributed by atoms with Gasteiger partial charge in [0.1, 0.15) is 6.29 Å². The molecule has 0 aromatic heterocycles. The Morgan fingerprint density at radius 1 is 1.58 bits per heavy atom. The van der Waals surface area contributed by atoms with Crippen molar-refractivity contribution in [1.29, 1.82) is 0 Å². The van der Waals surface area contributed by atoms with Crippen molar-refractivity contribution < 1.29 is 4.79 Å². The highest BCUT2D eigenvalue weighted by Crippen LogP contribution is 2.13. The van der Waals surface area contributed by atoms with Crippen LogP contribution in [0.5, 0.6) is 0 Å². The van der Waals surface area contributed by atoms with E-state index in [1.165, 1.54) is 0 Å². The molecule has 62 valence electrons. The zero-order chi connectivity index (χ0) is 8.97. The van der Waals surface area contributed by atoms with E-state index in [1.54, 1.807) is 0 Å². The van der Waals surface area contributed by atoms with E-state index < -0.39 is 0 Å². The Bertz CT molecular complexity index is 304. The van der Waals surface area contributed by atoms with E-state index in [-0.39, 0.29) is 0 Å². The van der Waals surface area contributed by atoms with Gasteiger partial charge in [0, 0.05) is 10.9 Å². The van der Waals surface area contributed by atoms with E-state index in [0.717, 1.165) is 16.3 Å². The van der Waals surface area contributed by atoms with Crippen LogP contribution in [0, 0.1) is 0 Å². The van der Waals surface area contributed by atoms with Crippen LogP contribution in [-0.2, 0) is 11.2 Å². The molecule has 0 heterocycles. The first-order chi connectivity index (χ1) is 5.72. The molecule has 0 amide bonds. The maximum Gasteiger partial charge on any atom is 0.145 e. The molecule has 0 atom stereocenters. The number of carbonyl (C=O) groups is 1. The Morgan fingerprint density at radius 3 is 2.92 bits per heavy atom. The highest BCUT2D eigenvalue weighted by atomic mass is 79.9. The van der Waals surface area contributed by atoms with Gasteiger partial charge in [-0.3, -0.25) is 4.79 Å². The van der Waals surface area contributed by atoms with Crippen LogP contribution in [-0.4, -0.2) is 6.29 Å². The number of rotatable bonds is 3. The van der Waals surface area contributed by atoms with E-state index in [2.05, 4.69) is 22.5 Å². The largest absolute Gasteiger partial charge is 0.298 e. The highest BCUT2D eigenvalue weighted by molar-refractivity contribution is 9.10. The van der Waals surface area contributed by atoms with Crippen LogP contribution in [0.2, 0.25) is 0 Å². The quantitative estimate of drug-likeness (QED) is 0.571. The molecule has 0 spiro atoms. The number of aldehydes is 1. The minimum atomic E-state index is 0.605. The Morgan fingerprint density at radius 2 is 2.33 bits per heavy atom. The predicted octanol–water partition coefficient (Wildman–Crippen LogP) is 2.75. The lowest BCUT2D eigenvalue weighted by Gasteiger charge is -1.99. The van der Waals surface area contributed by atoms with Crippen LogP contribution in [0.25, 0.3) is 0 Å². The van der Waals surface area contributed by atoms with Crippen molar-refractivity contribution in [2.75, 3.05) is 0 Å². The SMILES string of the molecule is C=C(C=O)Cc1cccc(Br)c1. The smallest absolute Gasteiger partial charge is 0.145 e. The molecule has 0 fully saturated rings. The minimum Gasteiger partial charge on any atom is -0.298 e. The molecule has 1 nitrogen and oxygen atoms in total. The zero-order valence-corrected chi connectivity index (χ0v) is 8.17. The molecule has 0 aliphatic carbocycles. The summed E-state index contributed by atoms with van der Waals surface area (Å²) in [4.78, 5) is 10.3. The van der Waals surface area contributed by atoms with Gasteiger partial charge in [0.2, 0.25) is 0 Å². The molecule has 0 bridgehead atoms. The molecule has 12 heavy (non-hydrogen) atoms. The Balaban J connectivity index is 2.76. The van der Waals surface area contributed by atoms with Gasteiger partial charge in [-0.15, -0.1) is 0 Å². The average Bonchev–Trinajstić information content (AvgIpc) is 2.04. The van der Waals surface area contributed by atoms with Crippen LogP contribution < -0.4 is 0 Å². The Labute approximate surface area is 80.2 Å². The van der Waals surface area contributed by atoms with Gasteiger partial charge >= 0.3 is 0 Å². The van der Waals surface area contributed by atoms with Gasteiger partial charge in [0.05, 0.1) is 0 Å². The summed E-state index contributed by atoms with van der Waals surface area (Å²) in [7, 11) is 0. The second-order valence-electron chi connectivity index (χ2n) is 2.58. The fourth-order valence-electron chi connectivity index (χ4n) is 0.951. The number of hydrogen-bond acceptors (Lipinski definition) is 1. The predicted molar refractivity (Wildman–Crippen MR) is 53.1 cm³/mol.